The summed E-state index contributed by atoms with van der Waals surface area (Å²) in [6, 6.07) is 4.52. The summed E-state index contributed by atoms with van der Waals surface area (Å²) in [6.45, 7) is 5.79. The van der Waals surface area contributed by atoms with Crippen LogP contribution in [-0.4, -0.2) is 80.9 Å². The topological polar surface area (TPSA) is 99.2 Å². The summed E-state index contributed by atoms with van der Waals surface area (Å²) in [7, 11) is -1.49. The second kappa shape index (κ2) is 9.11. The van der Waals surface area contributed by atoms with Crippen LogP contribution in [0, 0.1) is 11.8 Å². The summed E-state index contributed by atoms with van der Waals surface area (Å²) >= 11 is 0. The Hall–Kier alpha value is -1.84. The number of rotatable bonds is 8. The van der Waals surface area contributed by atoms with Gasteiger partial charge >= 0.3 is 0 Å². The van der Waals surface area contributed by atoms with Crippen LogP contribution < -0.4 is 9.46 Å². The average molecular weight is 440 g/mol. The molecule has 0 aromatic heterocycles. The summed E-state index contributed by atoms with van der Waals surface area (Å²) in [6.07, 6.45) is 3.34. The quantitative estimate of drug-likeness (QED) is 0.639. The van der Waals surface area contributed by atoms with Gasteiger partial charge in [0.25, 0.3) is 5.91 Å². The maximum atomic E-state index is 13.3. The molecule has 9 heteroatoms. The number of anilines is 1. The number of fused-ring (bicyclic) bond motifs is 1. The van der Waals surface area contributed by atoms with Crippen molar-refractivity contribution in [3.05, 3.63) is 23.8 Å². The van der Waals surface area contributed by atoms with Gasteiger partial charge in [0.15, 0.2) is 5.75 Å². The highest BCUT2D eigenvalue weighted by Crippen LogP contribution is 2.35. The number of benzene rings is 1. The van der Waals surface area contributed by atoms with E-state index >= 15 is 0 Å². The lowest BCUT2D eigenvalue weighted by Crippen LogP contribution is -2.50. The van der Waals surface area contributed by atoms with Gasteiger partial charge in [0.2, 0.25) is 10.0 Å². The summed E-state index contributed by atoms with van der Waals surface area (Å²) < 4.78 is 32.6. The Morgan fingerprint density at radius 1 is 1.33 bits per heavy atom. The maximum absolute atomic E-state index is 13.3. The van der Waals surface area contributed by atoms with Crippen molar-refractivity contribution in [1.82, 2.24) is 9.80 Å². The van der Waals surface area contributed by atoms with Gasteiger partial charge in [-0.25, -0.2) is 8.42 Å². The number of nitrogens with zero attached hydrogens (tertiary/aromatic N) is 2. The van der Waals surface area contributed by atoms with E-state index in [0.29, 0.717) is 18.7 Å². The van der Waals surface area contributed by atoms with Crippen LogP contribution in [0.1, 0.15) is 37.0 Å². The molecule has 30 heavy (non-hydrogen) atoms. The van der Waals surface area contributed by atoms with Crippen LogP contribution in [0.15, 0.2) is 18.2 Å². The maximum Gasteiger partial charge on any atom is 0.258 e. The van der Waals surface area contributed by atoms with Gasteiger partial charge in [-0.2, -0.15) is 0 Å². The Balaban J connectivity index is 1.99. The molecule has 1 saturated carbocycles. The Morgan fingerprint density at radius 2 is 2.03 bits per heavy atom. The monoisotopic (exact) mass is 439 g/mol. The molecular weight excluding hydrogens is 406 g/mol. The molecule has 1 heterocycles. The molecule has 0 spiro atoms. The van der Waals surface area contributed by atoms with E-state index in [9.17, 15) is 18.3 Å². The largest absolute Gasteiger partial charge is 0.486 e. The Morgan fingerprint density at radius 3 is 2.63 bits per heavy atom. The van der Waals surface area contributed by atoms with Crippen molar-refractivity contribution in [2.24, 2.45) is 11.8 Å². The number of sulfonamides is 1. The van der Waals surface area contributed by atoms with E-state index in [1.165, 1.54) is 12.8 Å². The number of para-hydroxylation sites is 1. The van der Waals surface area contributed by atoms with Crippen molar-refractivity contribution < 1.29 is 23.1 Å². The first-order chi connectivity index (χ1) is 14.1. The van der Waals surface area contributed by atoms with Gasteiger partial charge in [-0.3, -0.25) is 9.52 Å². The number of ether oxygens (including phenoxy) is 1. The van der Waals surface area contributed by atoms with Crippen molar-refractivity contribution in [1.29, 1.82) is 0 Å². The fourth-order valence-electron chi connectivity index (χ4n) is 3.86. The van der Waals surface area contributed by atoms with Gasteiger partial charge in [-0.1, -0.05) is 13.0 Å². The second-order valence-electron chi connectivity index (χ2n) is 8.84. The zero-order valence-corrected chi connectivity index (χ0v) is 19.0. The van der Waals surface area contributed by atoms with Crippen molar-refractivity contribution >= 4 is 21.6 Å². The van der Waals surface area contributed by atoms with Crippen molar-refractivity contribution in [3.63, 3.8) is 0 Å². The number of nitrogens with one attached hydrogen (secondary N) is 1. The minimum absolute atomic E-state index is 0.0101. The fraction of sp³-hybridized carbons (Fsp3) is 0.667. The number of hydrogen-bond donors (Lipinski definition) is 2. The molecular formula is C21H33N3O5S. The third-order valence-electron chi connectivity index (χ3n) is 5.74. The van der Waals surface area contributed by atoms with Crippen molar-refractivity contribution in [2.45, 2.75) is 38.8 Å². The van der Waals surface area contributed by atoms with Crippen molar-refractivity contribution in [2.75, 3.05) is 44.3 Å². The number of hydrogen-bond acceptors (Lipinski definition) is 6. The molecule has 1 aliphatic carbocycles. The SMILES string of the molecule is C[C@@H]1CN([C@H](C)CO)C(=O)c2cccc(NS(C)(=O)=O)c2O[C@@H]1CN(C)CC1CC1. The summed E-state index contributed by atoms with van der Waals surface area (Å²) in [5.41, 5.74) is 0.551. The predicted octanol–water partition coefficient (Wildman–Crippen LogP) is 1.62. The molecule has 3 rings (SSSR count). The number of likely N-dealkylation sites (N-methyl/N-ethyl adjacent to an activating group) is 1. The third-order valence-corrected chi connectivity index (χ3v) is 6.34. The van der Waals surface area contributed by atoms with Gasteiger partial charge in [-0.15, -0.1) is 0 Å². The van der Waals surface area contributed by atoms with E-state index in [1.807, 2.05) is 6.92 Å². The predicted molar refractivity (Wildman–Crippen MR) is 116 cm³/mol. The highest BCUT2D eigenvalue weighted by molar-refractivity contribution is 7.92. The molecule has 0 bridgehead atoms. The van der Waals surface area contributed by atoms with Crippen LogP contribution in [0.25, 0.3) is 0 Å². The van der Waals surface area contributed by atoms with E-state index in [4.69, 9.17) is 4.74 Å². The minimum atomic E-state index is -3.55. The standard InChI is InChI=1S/C21H33N3O5S/c1-14-10-24(15(2)13-25)21(26)17-6-5-7-18(22-30(4,27)28)20(17)29-19(14)12-23(3)11-16-8-9-16/h5-7,14-16,19,22,25H,8-13H2,1-4H3/t14-,15-,19-/m1/s1. The molecule has 1 aliphatic heterocycles. The zero-order valence-electron chi connectivity index (χ0n) is 18.2. The van der Waals surface area contributed by atoms with Crippen molar-refractivity contribution in [3.8, 4) is 5.75 Å². The summed E-state index contributed by atoms with van der Waals surface area (Å²) in [5.74, 6) is 0.699. The van der Waals surface area contributed by atoms with E-state index < -0.39 is 10.0 Å². The Bertz CT molecular complexity index is 871. The van der Waals surface area contributed by atoms with E-state index in [-0.39, 0.29) is 42.0 Å². The summed E-state index contributed by atoms with van der Waals surface area (Å²) in [5, 5.41) is 9.70. The second-order valence-corrected chi connectivity index (χ2v) is 10.6. The molecule has 0 unspecified atom stereocenters. The molecule has 1 amide bonds. The van der Waals surface area contributed by atoms with Crippen LogP contribution in [0.5, 0.6) is 5.75 Å². The van der Waals surface area contributed by atoms with E-state index in [2.05, 4.69) is 16.7 Å². The molecule has 168 valence electrons. The lowest BCUT2D eigenvalue weighted by Gasteiger charge is -2.38. The van der Waals surface area contributed by atoms with Gasteiger partial charge in [0.1, 0.15) is 6.10 Å². The van der Waals surface area contributed by atoms with Crippen LogP contribution in [0.4, 0.5) is 5.69 Å². The first kappa shape index (κ1) is 22.8. The first-order valence-electron chi connectivity index (χ1n) is 10.5. The lowest BCUT2D eigenvalue weighted by atomic mass is 9.99. The molecule has 1 aromatic rings. The molecule has 0 radical (unpaired) electrons. The van der Waals surface area contributed by atoms with Gasteiger partial charge < -0.3 is 19.6 Å². The molecule has 2 N–H and O–H groups in total. The van der Waals surface area contributed by atoms with Crippen LogP contribution >= 0.6 is 0 Å². The van der Waals surface area contributed by atoms with Crippen LogP contribution in [-0.2, 0) is 10.0 Å². The smallest absolute Gasteiger partial charge is 0.258 e. The Labute approximate surface area is 179 Å². The number of carbonyl (C=O) groups excluding carboxylic acids is 1. The van der Waals surface area contributed by atoms with Gasteiger partial charge in [-0.05, 0) is 44.9 Å². The lowest BCUT2D eigenvalue weighted by molar-refractivity contribution is 0.0346. The number of carbonyl (C=O) groups is 1. The minimum Gasteiger partial charge on any atom is -0.486 e. The molecule has 2 aliphatic rings. The number of aliphatic hydroxyl groups is 1. The zero-order chi connectivity index (χ0) is 22.1. The van der Waals surface area contributed by atoms with Gasteiger partial charge in [0.05, 0.1) is 30.2 Å². The molecule has 0 saturated heterocycles. The Kier molecular flexibility index (Phi) is 6.94. The highest BCUT2D eigenvalue weighted by Gasteiger charge is 2.35. The normalized spacial score (nSPS) is 23.4. The van der Waals surface area contributed by atoms with Gasteiger partial charge in [0, 0.05) is 25.6 Å². The van der Waals surface area contributed by atoms with E-state index in [0.717, 1.165) is 18.7 Å². The van der Waals surface area contributed by atoms with E-state index in [1.54, 1.807) is 30.0 Å². The summed E-state index contributed by atoms with van der Waals surface area (Å²) in [4.78, 5) is 17.2. The molecule has 1 aromatic carbocycles. The van der Waals surface area contributed by atoms with Crippen LogP contribution in [0.2, 0.25) is 0 Å². The molecule has 1 fully saturated rings. The fourth-order valence-corrected chi connectivity index (χ4v) is 4.42. The molecule has 8 nitrogen and oxygen atoms in total. The first-order valence-corrected chi connectivity index (χ1v) is 12.4. The van der Waals surface area contributed by atoms with Crippen LogP contribution in [0.3, 0.4) is 0 Å². The molecule has 3 atom stereocenters. The number of aliphatic hydroxyl groups excluding tert-OH is 1. The highest BCUT2D eigenvalue weighted by atomic mass is 32.2. The number of amides is 1. The third kappa shape index (κ3) is 5.65. The average Bonchev–Trinajstić information content (AvgIpc) is 3.47.